The Morgan fingerprint density at radius 1 is 1.00 bits per heavy atom. The van der Waals surface area contributed by atoms with E-state index in [2.05, 4.69) is 11.2 Å². The van der Waals surface area contributed by atoms with Crippen LogP contribution in [0.3, 0.4) is 0 Å². The van der Waals surface area contributed by atoms with Crippen molar-refractivity contribution in [1.29, 1.82) is 0 Å². The maximum atomic E-state index is 13.2. The zero-order valence-corrected chi connectivity index (χ0v) is 23.9. The van der Waals surface area contributed by atoms with Crippen LogP contribution in [0.1, 0.15) is 59.9 Å². The molecule has 0 spiro atoms. The first-order chi connectivity index (χ1) is 19.6. The summed E-state index contributed by atoms with van der Waals surface area (Å²) in [6, 6.07) is 17.9. The molecule has 1 N–H and O–H groups in total. The van der Waals surface area contributed by atoms with Gasteiger partial charge in [0.1, 0.15) is 12.7 Å². The van der Waals surface area contributed by atoms with Gasteiger partial charge in [-0.3, -0.25) is 9.59 Å². The number of aliphatic hydroxyl groups is 1. The molecule has 3 atom stereocenters. The minimum atomic E-state index is -1.17. The van der Waals surface area contributed by atoms with Crippen molar-refractivity contribution in [2.45, 2.75) is 60.5 Å². The molecule has 1 aliphatic rings. The van der Waals surface area contributed by atoms with Crippen LogP contribution in [0.4, 0.5) is 0 Å². The lowest BCUT2D eigenvalue weighted by Crippen LogP contribution is -2.38. The minimum Gasteiger partial charge on any atom is -0.462 e. The second-order valence-electron chi connectivity index (χ2n) is 11.4. The van der Waals surface area contributed by atoms with E-state index >= 15 is 0 Å². The van der Waals surface area contributed by atoms with E-state index in [-0.39, 0.29) is 33.0 Å². The van der Waals surface area contributed by atoms with Gasteiger partial charge < -0.3 is 24.2 Å². The predicted molar refractivity (Wildman–Crippen MR) is 161 cm³/mol. The number of ether oxygens (including phenoxy) is 3. The number of oxime groups is 1. The third-order valence-electron chi connectivity index (χ3n) is 7.75. The lowest BCUT2D eigenvalue weighted by Gasteiger charge is -2.32. The minimum absolute atomic E-state index is 0. The second-order valence-corrected chi connectivity index (χ2v) is 11.4. The summed E-state index contributed by atoms with van der Waals surface area (Å²) in [7, 11) is 0. The van der Waals surface area contributed by atoms with Crippen LogP contribution >= 0.6 is 0 Å². The van der Waals surface area contributed by atoms with E-state index in [0.29, 0.717) is 13.0 Å². The van der Waals surface area contributed by atoms with Crippen molar-refractivity contribution in [3.8, 4) is 0 Å². The van der Waals surface area contributed by atoms with Crippen LogP contribution in [0.25, 0.3) is 21.5 Å². The molecule has 1 aliphatic heterocycles. The molecule has 3 unspecified atom stereocenters. The van der Waals surface area contributed by atoms with Crippen LogP contribution in [-0.4, -0.2) is 55.3 Å². The molecule has 0 radical (unpaired) electrons. The number of esters is 2. The van der Waals surface area contributed by atoms with Gasteiger partial charge in [-0.1, -0.05) is 68.0 Å². The van der Waals surface area contributed by atoms with E-state index in [9.17, 15) is 19.5 Å². The highest BCUT2D eigenvalue weighted by Crippen LogP contribution is 2.38. The number of hydrogen-bond acceptors (Lipinski definition) is 9. The molecule has 3 aromatic rings. The molecule has 0 aliphatic carbocycles. The highest BCUT2D eigenvalue weighted by atomic mass is 16.7. The van der Waals surface area contributed by atoms with Crippen LogP contribution < -0.4 is 0 Å². The smallest absolute Gasteiger partial charge is 0.340 e. The Kier molecular flexibility index (Phi) is 10.8. The Morgan fingerprint density at radius 2 is 1.60 bits per heavy atom. The summed E-state index contributed by atoms with van der Waals surface area (Å²) < 4.78 is 15.4. The topological polar surface area (TPSA) is 124 Å². The molecule has 0 saturated carbocycles. The standard InChI is InChI=1S/C32H37NO8.CH4/c1-5-32(4,30(37)39-19-24-18-38-24)16-23(28(35)40-20-34)15-31(2,3)29(36)41-33-17-27-25-12-8-6-10-21(25)14-22-11-7-9-13-26(22)27;/h6-14,17,23-24,34H,5,15-16,18-20H2,1-4H3;1H4/b33-17+;. The molecule has 1 heterocycles. The van der Waals surface area contributed by atoms with E-state index < -0.39 is 41.4 Å². The van der Waals surface area contributed by atoms with E-state index in [4.69, 9.17) is 19.0 Å². The summed E-state index contributed by atoms with van der Waals surface area (Å²) >= 11 is 0. The second kappa shape index (κ2) is 13.9. The predicted octanol–water partition coefficient (Wildman–Crippen LogP) is 5.78. The average Bonchev–Trinajstić information content (AvgIpc) is 3.79. The molecule has 9 nitrogen and oxygen atoms in total. The Labute approximate surface area is 246 Å². The molecule has 0 bridgehead atoms. The number of carbonyl (C=O) groups is 3. The fourth-order valence-corrected chi connectivity index (χ4v) is 4.98. The molecular formula is C33H41NO8. The van der Waals surface area contributed by atoms with Gasteiger partial charge in [-0.2, -0.15) is 0 Å². The normalized spacial score (nSPS) is 16.8. The van der Waals surface area contributed by atoms with Crippen molar-refractivity contribution >= 4 is 45.7 Å². The van der Waals surface area contributed by atoms with Crippen LogP contribution in [-0.2, 0) is 33.4 Å². The van der Waals surface area contributed by atoms with Gasteiger partial charge in [-0.15, -0.1) is 0 Å². The number of benzene rings is 3. The summed E-state index contributed by atoms with van der Waals surface area (Å²) in [5.41, 5.74) is -1.36. The maximum absolute atomic E-state index is 13.2. The lowest BCUT2D eigenvalue weighted by molar-refractivity contribution is -0.165. The Hall–Kier alpha value is -3.82. The molecule has 226 valence electrons. The SMILES string of the molecule is C.CCC(C)(CC(CC(C)(C)C(=O)O/N=C/c1c2ccccc2cc2ccccc12)C(=O)OCO)C(=O)OCC1CO1. The third-order valence-corrected chi connectivity index (χ3v) is 7.75. The van der Waals surface area contributed by atoms with E-state index in [1.165, 1.54) is 6.21 Å². The number of hydrogen-bond donors (Lipinski definition) is 1. The van der Waals surface area contributed by atoms with Crippen molar-refractivity contribution in [2.75, 3.05) is 20.0 Å². The van der Waals surface area contributed by atoms with Crippen molar-refractivity contribution in [2.24, 2.45) is 21.9 Å². The van der Waals surface area contributed by atoms with Gasteiger partial charge in [-0.05, 0) is 67.6 Å². The third kappa shape index (κ3) is 7.72. The number of rotatable bonds is 13. The molecular weight excluding hydrogens is 538 g/mol. The summed E-state index contributed by atoms with van der Waals surface area (Å²) in [6.07, 6.45) is 1.91. The zero-order valence-electron chi connectivity index (χ0n) is 23.9. The van der Waals surface area contributed by atoms with Crippen LogP contribution in [0.5, 0.6) is 0 Å². The van der Waals surface area contributed by atoms with E-state index in [1.54, 1.807) is 20.8 Å². The molecule has 0 amide bonds. The lowest BCUT2D eigenvalue weighted by atomic mass is 9.73. The molecule has 4 rings (SSSR count). The molecule has 3 aromatic carbocycles. The van der Waals surface area contributed by atoms with Gasteiger partial charge in [0, 0.05) is 5.56 Å². The molecule has 1 fully saturated rings. The highest BCUT2D eigenvalue weighted by Gasteiger charge is 2.43. The monoisotopic (exact) mass is 579 g/mol. The van der Waals surface area contributed by atoms with Crippen molar-refractivity contribution in [3.63, 3.8) is 0 Å². The number of aliphatic hydroxyl groups excluding tert-OH is 1. The van der Waals surface area contributed by atoms with Crippen LogP contribution in [0.2, 0.25) is 0 Å². The van der Waals surface area contributed by atoms with Gasteiger partial charge in [0.25, 0.3) is 0 Å². The summed E-state index contributed by atoms with van der Waals surface area (Å²) in [5, 5.41) is 17.3. The van der Waals surface area contributed by atoms with Gasteiger partial charge in [0.2, 0.25) is 0 Å². The molecule has 0 aromatic heterocycles. The van der Waals surface area contributed by atoms with Gasteiger partial charge in [0.15, 0.2) is 6.79 Å². The highest BCUT2D eigenvalue weighted by molar-refractivity contribution is 6.13. The first-order valence-electron chi connectivity index (χ1n) is 13.8. The molecule has 9 heteroatoms. The average molecular weight is 580 g/mol. The van der Waals surface area contributed by atoms with Crippen LogP contribution in [0.15, 0.2) is 59.8 Å². The number of epoxide rings is 1. The largest absolute Gasteiger partial charge is 0.462 e. The summed E-state index contributed by atoms with van der Waals surface area (Å²) in [6.45, 7) is 6.72. The Bertz CT molecular complexity index is 1390. The fourth-order valence-electron chi connectivity index (χ4n) is 4.98. The first-order valence-corrected chi connectivity index (χ1v) is 13.8. The molecule has 1 saturated heterocycles. The number of fused-ring (bicyclic) bond motifs is 2. The zero-order chi connectivity index (χ0) is 29.6. The van der Waals surface area contributed by atoms with Crippen molar-refractivity contribution in [3.05, 3.63) is 60.2 Å². The van der Waals surface area contributed by atoms with E-state index in [0.717, 1.165) is 27.1 Å². The van der Waals surface area contributed by atoms with E-state index in [1.807, 2.05) is 55.5 Å². The quantitative estimate of drug-likeness (QED) is 0.0514. The number of carbonyl (C=O) groups excluding carboxylic acids is 3. The van der Waals surface area contributed by atoms with Crippen molar-refractivity contribution in [1.82, 2.24) is 0 Å². The maximum Gasteiger partial charge on any atom is 0.340 e. The number of nitrogens with zero attached hydrogens (tertiary/aromatic N) is 1. The fraction of sp³-hybridized carbons (Fsp3) is 0.455. The van der Waals surface area contributed by atoms with Crippen molar-refractivity contribution < 1.29 is 38.5 Å². The summed E-state index contributed by atoms with van der Waals surface area (Å²) in [5.74, 6) is -2.70. The first kappa shape index (κ1) is 32.7. The van der Waals surface area contributed by atoms with Gasteiger partial charge >= 0.3 is 17.9 Å². The molecule has 42 heavy (non-hydrogen) atoms. The summed E-state index contributed by atoms with van der Waals surface area (Å²) in [4.78, 5) is 44.3. The van der Waals surface area contributed by atoms with Crippen LogP contribution in [0, 0.1) is 16.7 Å². The van der Waals surface area contributed by atoms with Gasteiger partial charge in [-0.25, -0.2) is 4.79 Å². The Morgan fingerprint density at radius 3 is 2.14 bits per heavy atom. The van der Waals surface area contributed by atoms with Gasteiger partial charge in [0.05, 0.1) is 29.6 Å². The Balaban J connectivity index is 0.00000484.